The largest absolute Gasteiger partial charge is 0.349 e. The highest BCUT2D eigenvalue weighted by molar-refractivity contribution is 7.11. The van der Waals surface area contributed by atoms with E-state index in [2.05, 4.69) is 10.3 Å². The predicted octanol–water partition coefficient (Wildman–Crippen LogP) is 2.99. The molecule has 0 radical (unpaired) electrons. The Balaban J connectivity index is 1.92. The number of carbonyl (C=O) groups excluding carboxylic acids is 1. The zero-order valence-corrected chi connectivity index (χ0v) is 13.5. The van der Waals surface area contributed by atoms with Crippen molar-refractivity contribution in [1.29, 1.82) is 0 Å². The first kappa shape index (κ1) is 15.4. The zero-order valence-electron chi connectivity index (χ0n) is 12.7. The summed E-state index contributed by atoms with van der Waals surface area (Å²) < 4.78 is 0. The topological polar surface area (TPSA) is 68.0 Å². The van der Waals surface area contributed by atoms with E-state index in [4.69, 9.17) is 5.73 Å². The molecule has 0 aliphatic heterocycles. The van der Waals surface area contributed by atoms with Crippen LogP contribution in [0.5, 0.6) is 0 Å². The van der Waals surface area contributed by atoms with Gasteiger partial charge in [-0.2, -0.15) is 0 Å². The van der Waals surface area contributed by atoms with E-state index < -0.39 is 0 Å². The van der Waals surface area contributed by atoms with E-state index in [0.29, 0.717) is 6.42 Å². The molecule has 112 valence electrons. The van der Waals surface area contributed by atoms with Crippen molar-refractivity contribution in [3.63, 3.8) is 0 Å². The molecule has 4 nitrogen and oxygen atoms in total. The summed E-state index contributed by atoms with van der Waals surface area (Å²) in [6.45, 7) is 6.00. The lowest BCUT2D eigenvalue weighted by Gasteiger charge is -2.33. The summed E-state index contributed by atoms with van der Waals surface area (Å²) in [6.07, 6.45) is 5.91. The molecular weight excluding hydrogens is 270 g/mol. The summed E-state index contributed by atoms with van der Waals surface area (Å²) >= 11 is 1.65. The second-order valence-corrected chi connectivity index (χ2v) is 7.31. The molecule has 5 heteroatoms. The first-order chi connectivity index (χ1) is 9.39. The molecule has 1 aromatic rings. The summed E-state index contributed by atoms with van der Waals surface area (Å²) in [5.41, 5.74) is 7.06. The van der Waals surface area contributed by atoms with Crippen LogP contribution in [-0.2, 0) is 4.79 Å². The van der Waals surface area contributed by atoms with E-state index in [9.17, 15) is 4.79 Å². The number of rotatable bonds is 4. The molecule has 20 heavy (non-hydrogen) atoms. The molecule has 0 spiro atoms. The van der Waals surface area contributed by atoms with Gasteiger partial charge in [-0.15, -0.1) is 11.3 Å². The smallest absolute Gasteiger partial charge is 0.222 e. The van der Waals surface area contributed by atoms with Crippen LogP contribution in [0.1, 0.15) is 67.1 Å². The van der Waals surface area contributed by atoms with Gasteiger partial charge in [0.15, 0.2) is 0 Å². The summed E-state index contributed by atoms with van der Waals surface area (Å²) in [7, 11) is 0. The summed E-state index contributed by atoms with van der Waals surface area (Å²) in [5, 5.41) is 4.12. The fourth-order valence-electron chi connectivity index (χ4n) is 3.06. The molecule has 1 amide bonds. The molecule has 1 heterocycles. The van der Waals surface area contributed by atoms with Gasteiger partial charge in [0.25, 0.3) is 0 Å². The Morgan fingerprint density at radius 3 is 2.60 bits per heavy atom. The minimum Gasteiger partial charge on any atom is -0.349 e. The van der Waals surface area contributed by atoms with E-state index >= 15 is 0 Å². The molecular formula is C15H25N3OS. The Labute approximate surface area is 125 Å². The molecule has 1 aromatic heterocycles. The third kappa shape index (κ3) is 3.79. The summed E-state index contributed by atoms with van der Waals surface area (Å²) in [4.78, 5) is 17.8. The Morgan fingerprint density at radius 1 is 1.40 bits per heavy atom. The maximum Gasteiger partial charge on any atom is 0.222 e. The quantitative estimate of drug-likeness (QED) is 0.897. The lowest BCUT2D eigenvalue weighted by molar-refractivity contribution is -0.123. The number of nitrogens with one attached hydrogen (secondary N) is 1. The number of hydrogen-bond acceptors (Lipinski definition) is 4. The third-order valence-electron chi connectivity index (χ3n) is 4.07. The van der Waals surface area contributed by atoms with Gasteiger partial charge in [-0.3, -0.25) is 4.79 Å². The van der Waals surface area contributed by atoms with E-state index in [1.165, 1.54) is 6.42 Å². The minimum absolute atomic E-state index is 0.0147. The number of aromatic nitrogens is 1. The lowest BCUT2D eigenvalue weighted by atomic mass is 9.80. The van der Waals surface area contributed by atoms with Gasteiger partial charge in [0, 0.05) is 16.8 Å². The van der Waals surface area contributed by atoms with Gasteiger partial charge >= 0.3 is 0 Å². The molecule has 0 aromatic carbocycles. The van der Waals surface area contributed by atoms with Crippen molar-refractivity contribution in [2.75, 3.05) is 0 Å². The highest BCUT2D eigenvalue weighted by Crippen LogP contribution is 2.29. The molecule has 0 saturated heterocycles. The van der Waals surface area contributed by atoms with Crippen LogP contribution >= 0.6 is 11.3 Å². The van der Waals surface area contributed by atoms with Crippen molar-refractivity contribution in [2.24, 2.45) is 5.73 Å². The fraction of sp³-hybridized carbons (Fsp3) is 0.733. The van der Waals surface area contributed by atoms with Gasteiger partial charge in [0.2, 0.25) is 5.91 Å². The standard InChI is InChI=1S/C15H25N3OS/c1-10-14(20-12(3)17-10)11(2)18-13(19)9-15(16)7-5-4-6-8-15/h11H,4-9,16H2,1-3H3,(H,18,19). The highest BCUT2D eigenvalue weighted by Gasteiger charge is 2.30. The predicted molar refractivity (Wildman–Crippen MR) is 82.8 cm³/mol. The average molecular weight is 295 g/mol. The summed E-state index contributed by atoms with van der Waals surface area (Å²) in [6, 6.07) is 0.0147. The normalized spacial score (nSPS) is 19.6. The SMILES string of the molecule is Cc1nc(C)c(C(C)NC(=O)CC2(N)CCCCC2)s1. The van der Waals surface area contributed by atoms with Crippen LogP contribution in [0.3, 0.4) is 0 Å². The van der Waals surface area contributed by atoms with Gasteiger partial charge in [0.1, 0.15) is 0 Å². The average Bonchev–Trinajstić information content (AvgIpc) is 2.68. The first-order valence-corrected chi connectivity index (χ1v) is 8.23. The van der Waals surface area contributed by atoms with Gasteiger partial charge in [0.05, 0.1) is 16.7 Å². The molecule has 1 aliphatic rings. The monoisotopic (exact) mass is 295 g/mol. The Bertz CT molecular complexity index is 477. The van der Waals surface area contributed by atoms with Crippen LogP contribution in [-0.4, -0.2) is 16.4 Å². The van der Waals surface area contributed by atoms with E-state index in [1.54, 1.807) is 11.3 Å². The maximum absolute atomic E-state index is 12.2. The molecule has 0 bridgehead atoms. The number of amides is 1. The number of aryl methyl sites for hydroxylation is 2. The Morgan fingerprint density at radius 2 is 2.05 bits per heavy atom. The van der Waals surface area contributed by atoms with Crippen molar-refractivity contribution in [3.05, 3.63) is 15.6 Å². The molecule has 1 fully saturated rings. The van der Waals surface area contributed by atoms with Crippen LogP contribution in [0.25, 0.3) is 0 Å². The molecule has 3 N–H and O–H groups in total. The number of hydrogen-bond donors (Lipinski definition) is 2. The summed E-state index contributed by atoms with van der Waals surface area (Å²) in [5.74, 6) is 0.0624. The van der Waals surface area contributed by atoms with E-state index in [-0.39, 0.29) is 17.5 Å². The van der Waals surface area contributed by atoms with Crippen LogP contribution in [0.2, 0.25) is 0 Å². The molecule has 2 rings (SSSR count). The maximum atomic E-state index is 12.2. The van der Waals surface area contributed by atoms with Crippen molar-refractivity contribution in [2.45, 2.75) is 70.9 Å². The molecule has 1 aliphatic carbocycles. The van der Waals surface area contributed by atoms with E-state index in [0.717, 1.165) is 41.3 Å². The zero-order chi connectivity index (χ0) is 14.8. The van der Waals surface area contributed by atoms with Gasteiger partial charge in [-0.1, -0.05) is 19.3 Å². The second-order valence-electron chi connectivity index (χ2n) is 6.07. The number of carbonyl (C=O) groups is 1. The molecule has 1 unspecified atom stereocenters. The lowest BCUT2D eigenvalue weighted by Crippen LogP contribution is -2.46. The molecule has 1 atom stereocenters. The fourth-order valence-corrected chi connectivity index (χ4v) is 3.99. The van der Waals surface area contributed by atoms with Crippen LogP contribution in [0.4, 0.5) is 0 Å². The van der Waals surface area contributed by atoms with Crippen molar-refractivity contribution < 1.29 is 4.79 Å². The Hall–Kier alpha value is -0.940. The molecule has 1 saturated carbocycles. The van der Waals surface area contributed by atoms with Gasteiger partial charge < -0.3 is 11.1 Å². The van der Waals surface area contributed by atoms with E-state index in [1.807, 2.05) is 20.8 Å². The Kier molecular flexibility index (Phi) is 4.81. The van der Waals surface area contributed by atoms with Crippen molar-refractivity contribution >= 4 is 17.2 Å². The third-order valence-corrected chi connectivity index (χ3v) is 5.33. The second kappa shape index (κ2) is 6.22. The van der Waals surface area contributed by atoms with Crippen molar-refractivity contribution in [1.82, 2.24) is 10.3 Å². The first-order valence-electron chi connectivity index (χ1n) is 7.42. The van der Waals surface area contributed by atoms with Crippen LogP contribution in [0.15, 0.2) is 0 Å². The minimum atomic E-state index is -0.291. The number of thiazole rings is 1. The number of nitrogens with zero attached hydrogens (tertiary/aromatic N) is 1. The van der Waals surface area contributed by atoms with Crippen molar-refractivity contribution in [3.8, 4) is 0 Å². The number of nitrogens with two attached hydrogens (primary N) is 1. The van der Waals surface area contributed by atoms with Crippen LogP contribution < -0.4 is 11.1 Å². The van der Waals surface area contributed by atoms with Crippen LogP contribution in [0, 0.1) is 13.8 Å². The van der Waals surface area contributed by atoms with Gasteiger partial charge in [-0.25, -0.2) is 4.98 Å². The van der Waals surface area contributed by atoms with Gasteiger partial charge in [-0.05, 0) is 33.6 Å². The highest BCUT2D eigenvalue weighted by atomic mass is 32.1.